The summed E-state index contributed by atoms with van der Waals surface area (Å²) in [6.07, 6.45) is 4.12. The van der Waals surface area contributed by atoms with Crippen molar-refractivity contribution in [3.05, 3.63) is 52.5 Å². The summed E-state index contributed by atoms with van der Waals surface area (Å²) >= 11 is 1.66. The van der Waals surface area contributed by atoms with E-state index in [9.17, 15) is 12.8 Å². The third-order valence-corrected chi connectivity index (χ3v) is 6.88. The lowest BCUT2D eigenvalue weighted by Gasteiger charge is -2.28. The minimum atomic E-state index is -3.83. The highest BCUT2D eigenvalue weighted by Crippen LogP contribution is 2.42. The van der Waals surface area contributed by atoms with Crippen molar-refractivity contribution in [1.29, 1.82) is 0 Å². The molecule has 1 heterocycles. The molecule has 0 unspecified atom stereocenters. The first-order valence-electron chi connectivity index (χ1n) is 7.32. The predicted octanol–water partition coefficient (Wildman–Crippen LogP) is 3.68. The lowest BCUT2D eigenvalue weighted by atomic mass is 9.85. The molecule has 1 N–H and O–H groups in total. The molecular formula is C16H18FNO2S2. The van der Waals surface area contributed by atoms with Crippen LogP contribution in [0.15, 0.2) is 46.7 Å². The van der Waals surface area contributed by atoms with E-state index in [2.05, 4.69) is 10.8 Å². The van der Waals surface area contributed by atoms with Gasteiger partial charge in [-0.3, -0.25) is 0 Å². The summed E-state index contributed by atoms with van der Waals surface area (Å²) in [5.41, 5.74) is -0.146. The molecule has 118 valence electrons. The molecule has 0 aliphatic heterocycles. The maximum atomic E-state index is 13.7. The van der Waals surface area contributed by atoms with Crippen LogP contribution < -0.4 is 4.72 Å². The minimum absolute atomic E-state index is 0.146. The fourth-order valence-corrected chi connectivity index (χ4v) is 5.31. The van der Waals surface area contributed by atoms with E-state index in [1.807, 2.05) is 11.4 Å². The van der Waals surface area contributed by atoms with Crippen molar-refractivity contribution in [2.24, 2.45) is 0 Å². The second-order valence-corrected chi connectivity index (χ2v) is 8.40. The molecule has 6 heteroatoms. The standard InChI is InChI=1S/C16H18FNO2S2/c17-13-6-1-2-7-14(13)22(19,20)18-12-16(9-3-4-10-16)15-8-5-11-21-15/h1-2,5-8,11,18H,3-4,9-10,12H2. The van der Waals surface area contributed by atoms with Gasteiger partial charge >= 0.3 is 0 Å². The number of sulfonamides is 1. The summed E-state index contributed by atoms with van der Waals surface area (Å²) in [6, 6.07) is 9.53. The van der Waals surface area contributed by atoms with Crippen LogP contribution in [0.5, 0.6) is 0 Å². The van der Waals surface area contributed by atoms with Gasteiger partial charge in [-0.05, 0) is 36.4 Å². The Labute approximate surface area is 134 Å². The molecule has 3 nitrogen and oxygen atoms in total. The van der Waals surface area contributed by atoms with E-state index in [4.69, 9.17) is 0 Å². The molecule has 1 aromatic heterocycles. The molecule has 0 saturated heterocycles. The van der Waals surface area contributed by atoms with Gasteiger partial charge in [-0.2, -0.15) is 0 Å². The second kappa shape index (κ2) is 6.10. The molecule has 1 saturated carbocycles. The van der Waals surface area contributed by atoms with Crippen molar-refractivity contribution in [3.63, 3.8) is 0 Å². The summed E-state index contributed by atoms with van der Waals surface area (Å²) < 4.78 is 41.1. The fourth-order valence-electron chi connectivity index (χ4n) is 3.12. The first-order valence-corrected chi connectivity index (χ1v) is 9.68. The Hall–Kier alpha value is -1.24. The van der Waals surface area contributed by atoms with Crippen LogP contribution >= 0.6 is 11.3 Å². The van der Waals surface area contributed by atoms with Gasteiger partial charge in [0.15, 0.2) is 0 Å². The highest BCUT2D eigenvalue weighted by atomic mass is 32.2. The van der Waals surface area contributed by atoms with Crippen LogP contribution in [0.2, 0.25) is 0 Å². The number of thiophene rings is 1. The number of hydrogen-bond donors (Lipinski definition) is 1. The number of nitrogens with one attached hydrogen (secondary N) is 1. The van der Waals surface area contributed by atoms with E-state index < -0.39 is 15.8 Å². The molecule has 1 fully saturated rings. The van der Waals surface area contributed by atoms with Crippen molar-refractivity contribution < 1.29 is 12.8 Å². The van der Waals surface area contributed by atoms with Gasteiger partial charge in [-0.25, -0.2) is 17.5 Å². The van der Waals surface area contributed by atoms with Gasteiger partial charge < -0.3 is 0 Å². The Morgan fingerprint density at radius 3 is 2.50 bits per heavy atom. The molecular weight excluding hydrogens is 321 g/mol. The lowest BCUT2D eigenvalue weighted by Crippen LogP contribution is -2.38. The molecule has 3 rings (SSSR count). The Morgan fingerprint density at radius 1 is 1.14 bits per heavy atom. The van der Waals surface area contributed by atoms with Crippen molar-refractivity contribution in [2.75, 3.05) is 6.54 Å². The zero-order chi connectivity index (χ0) is 15.6. The van der Waals surface area contributed by atoms with Crippen molar-refractivity contribution in [3.8, 4) is 0 Å². The van der Waals surface area contributed by atoms with Crippen LogP contribution in [0.3, 0.4) is 0 Å². The Kier molecular flexibility index (Phi) is 4.34. The summed E-state index contributed by atoms with van der Waals surface area (Å²) in [4.78, 5) is 0.926. The van der Waals surface area contributed by atoms with Crippen LogP contribution in [0.4, 0.5) is 4.39 Å². The molecule has 1 aromatic carbocycles. The van der Waals surface area contributed by atoms with E-state index in [0.29, 0.717) is 6.54 Å². The highest BCUT2D eigenvalue weighted by molar-refractivity contribution is 7.89. The normalized spacial score (nSPS) is 17.7. The van der Waals surface area contributed by atoms with Gasteiger partial charge in [0.1, 0.15) is 10.7 Å². The molecule has 0 radical (unpaired) electrons. The molecule has 2 aromatic rings. The van der Waals surface area contributed by atoms with E-state index in [1.165, 1.54) is 29.1 Å². The van der Waals surface area contributed by atoms with Gasteiger partial charge in [-0.15, -0.1) is 11.3 Å². The summed E-state index contributed by atoms with van der Waals surface area (Å²) in [5.74, 6) is -0.716. The first-order chi connectivity index (χ1) is 10.5. The van der Waals surface area contributed by atoms with Crippen molar-refractivity contribution in [2.45, 2.75) is 36.0 Å². The zero-order valence-electron chi connectivity index (χ0n) is 12.1. The average molecular weight is 339 g/mol. The Bertz CT molecular complexity index is 735. The lowest BCUT2D eigenvalue weighted by molar-refractivity contribution is 0.439. The quantitative estimate of drug-likeness (QED) is 0.903. The van der Waals surface area contributed by atoms with E-state index in [0.717, 1.165) is 25.7 Å². The number of hydrogen-bond acceptors (Lipinski definition) is 3. The van der Waals surface area contributed by atoms with Crippen molar-refractivity contribution in [1.82, 2.24) is 4.72 Å². The average Bonchev–Trinajstić information content (AvgIpc) is 3.18. The van der Waals surface area contributed by atoms with Gasteiger partial charge in [0.25, 0.3) is 0 Å². The topological polar surface area (TPSA) is 46.2 Å². The Balaban J connectivity index is 1.83. The first kappa shape index (κ1) is 15.6. The smallest absolute Gasteiger partial charge is 0.210 e. The SMILES string of the molecule is O=S(=O)(NCC1(c2cccs2)CCCC1)c1ccccc1F. The molecule has 1 aliphatic carbocycles. The van der Waals surface area contributed by atoms with Gasteiger partial charge in [0.05, 0.1) is 0 Å². The molecule has 1 aliphatic rings. The Morgan fingerprint density at radius 2 is 1.86 bits per heavy atom. The summed E-state index contributed by atoms with van der Waals surface area (Å²) in [5, 5.41) is 2.01. The fraction of sp³-hybridized carbons (Fsp3) is 0.375. The maximum Gasteiger partial charge on any atom is 0.243 e. The van der Waals surface area contributed by atoms with E-state index in [-0.39, 0.29) is 10.3 Å². The number of halogens is 1. The maximum absolute atomic E-state index is 13.7. The van der Waals surface area contributed by atoms with Crippen LogP contribution in [0.1, 0.15) is 30.6 Å². The third-order valence-electron chi connectivity index (χ3n) is 4.33. The van der Waals surface area contributed by atoms with E-state index >= 15 is 0 Å². The largest absolute Gasteiger partial charge is 0.243 e. The molecule has 0 atom stereocenters. The third kappa shape index (κ3) is 2.95. The van der Waals surface area contributed by atoms with Crippen LogP contribution in [0.25, 0.3) is 0 Å². The molecule has 0 amide bonds. The predicted molar refractivity (Wildman–Crippen MR) is 86.1 cm³/mol. The molecule has 0 bridgehead atoms. The minimum Gasteiger partial charge on any atom is -0.210 e. The summed E-state index contributed by atoms with van der Waals surface area (Å²) in [7, 11) is -3.83. The monoisotopic (exact) mass is 339 g/mol. The van der Waals surface area contributed by atoms with Gasteiger partial charge in [0.2, 0.25) is 10.0 Å². The van der Waals surface area contributed by atoms with Crippen molar-refractivity contribution >= 4 is 21.4 Å². The van der Waals surface area contributed by atoms with Crippen LogP contribution in [-0.2, 0) is 15.4 Å². The van der Waals surface area contributed by atoms with Crippen LogP contribution in [-0.4, -0.2) is 15.0 Å². The summed E-state index contributed by atoms with van der Waals surface area (Å²) in [6.45, 7) is 0.324. The molecule has 22 heavy (non-hydrogen) atoms. The highest BCUT2D eigenvalue weighted by Gasteiger charge is 2.37. The van der Waals surface area contributed by atoms with Gasteiger partial charge in [-0.1, -0.05) is 31.0 Å². The molecule has 0 spiro atoms. The van der Waals surface area contributed by atoms with E-state index in [1.54, 1.807) is 11.3 Å². The van der Waals surface area contributed by atoms with Crippen LogP contribution in [0, 0.1) is 5.82 Å². The van der Waals surface area contributed by atoms with Gasteiger partial charge in [0, 0.05) is 16.8 Å². The number of benzene rings is 1. The number of rotatable bonds is 5. The zero-order valence-corrected chi connectivity index (χ0v) is 13.7. The second-order valence-electron chi connectivity index (χ2n) is 5.72.